The molecular formula is C36H54O4Si. The molecule has 0 aromatic heterocycles. The Labute approximate surface area is 249 Å². The molecule has 0 aliphatic heterocycles. The Morgan fingerprint density at radius 2 is 1.34 bits per heavy atom. The number of fused-ring (bicyclic) bond motifs is 1. The van der Waals surface area contributed by atoms with E-state index in [1.165, 1.54) is 10.4 Å². The second kappa shape index (κ2) is 11.2. The number of hydrogen-bond acceptors (Lipinski definition) is 4. The summed E-state index contributed by atoms with van der Waals surface area (Å²) in [6, 6.07) is 21.7. The number of hydrogen-bond donors (Lipinski definition) is 3. The van der Waals surface area contributed by atoms with E-state index in [1.54, 1.807) is 0 Å². The second-order valence-corrected chi connectivity index (χ2v) is 19.6. The minimum atomic E-state index is -2.68. The maximum absolute atomic E-state index is 11.3. The molecule has 4 nitrogen and oxygen atoms in total. The van der Waals surface area contributed by atoms with Gasteiger partial charge in [0.05, 0.1) is 5.60 Å². The predicted octanol–water partition coefficient (Wildman–Crippen LogP) is 5.92. The van der Waals surface area contributed by atoms with Crippen LogP contribution < -0.4 is 10.4 Å². The first-order valence-electron chi connectivity index (χ1n) is 16.1. The van der Waals surface area contributed by atoms with E-state index in [9.17, 15) is 15.3 Å². The minimum absolute atomic E-state index is 0.0662. The van der Waals surface area contributed by atoms with Crippen LogP contribution in [0.2, 0.25) is 5.04 Å². The largest absolute Gasteiger partial charge is 0.404 e. The zero-order valence-corrected chi connectivity index (χ0v) is 27.3. The minimum Gasteiger partial charge on any atom is -0.404 e. The molecule has 41 heavy (non-hydrogen) atoms. The van der Waals surface area contributed by atoms with E-state index in [4.69, 9.17) is 4.43 Å². The molecule has 0 bridgehead atoms. The highest BCUT2D eigenvalue weighted by Crippen LogP contribution is 2.65. The number of rotatable bonds is 7. The Bertz CT molecular complexity index is 1120. The van der Waals surface area contributed by atoms with E-state index in [-0.39, 0.29) is 47.0 Å². The maximum Gasteiger partial charge on any atom is 0.261 e. The summed E-state index contributed by atoms with van der Waals surface area (Å²) in [5, 5.41) is 35.5. The summed E-state index contributed by atoms with van der Waals surface area (Å²) >= 11 is 0. The van der Waals surface area contributed by atoms with Crippen molar-refractivity contribution in [3.63, 3.8) is 0 Å². The van der Waals surface area contributed by atoms with Crippen LogP contribution in [0.5, 0.6) is 0 Å². The average Bonchev–Trinajstić information content (AvgIpc) is 3.20. The third kappa shape index (κ3) is 4.98. The molecule has 8 atom stereocenters. The summed E-state index contributed by atoms with van der Waals surface area (Å²) < 4.78 is 7.54. The van der Waals surface area contributed by atoms with Crippen LogP contribution in [-0.4, -0.2) is 48.6 Å². The van der Waals surface area contributed by atoms with Crippen molar-refractivity contribution in [3.8, 4) is 0 Å². The van der Waals surface area contributed by atoms with Crippen LogP contribution in [0.3, 0.4) is 0 Å². The molecule has 5 rings (SSSR count). The summed E-state index contributed by atoms with van der Waals surface area (Å²) in [5.74, 6) is 0.939. The monoisotopic (exact) mass is 578 g/mol. The van der Waals surface area contributed by atoms with Crippen molar-refractivity contribution in [2.45, 2.75) is 103 Å². The molecule has 0 amide bonds. The molecule has 3 aliphatic rings. The van der Waals surface area contributed by atoms with Gasteiger partial charge in [0.2, 0.25) is 0 Å². The molecule has 226 valence electrons. The third-order valence-electron chi connectivity index (χ3n) is 12.5. The van der Waals surface area contributed by atoms with E-state index in [1.807, 2.05) is 6.92 Å². The van der Waals surface area contributed by atoms with Gasteiger partial charge in [-0.1, -0.05) is 95.3 Å². The molecule has 5 heteroatoms. The lowest BCUT2D eigenvalue weighted by Gasteiger charge is -2.58. The zero-order chi connectivity index (χ0) is 29.7. The predicted molar refractivity (Wildman–Crippen MR) is 170 cm³/mol. The normalized spacial score (nSPS) is 38.0. The fourth-order valence-electron chi connectivity index (χ4n) is 9.80. The van der Waals surface area contributed by atoms with Gasteiger partial charge >= 0.3 is 0 Å². The first-order chi connectivity index (χ1) is 19.3. The van der Waals surface area contributed by atoms with Crippen molar-refractivity contribution in [2.75, 3.05) is 13.2 Å². The van der Waals surface area contributed by atoms with E-state index >= 15 is 0 Å². The molecule has 3 saturated carbocycles. The summed E-state index contributed by atoms with van der Waals surface area (Å²) in [6.07, 6.45) is 6.64. The molecular weight excluding hydrogens is 524 g/mol. The number of aliphatic hydroxyl groups is 3. The van der Waals surface area contributed by atoms with Gasteiger partial charge in [0.15, 0.2) is 0 Å². The lowest BCUT2D eigenvalue weighted by molar-refractivity contribution is -0.143. The Hall–Kier alpha value is -1.50. The van der Waals surface area contributed by atoms with Gasteiger partial charge in [-0.15, -0.1) is 0 Å². The van der Waals surface area contributed by atoms with Gasteiger partial charge < -0.3 is 19.7 Å². The molecule has 0 spiro atoms. The highest BCUT2D eigenvalue weighted by atomic mass is 28.4. The Kier molecular flexibility index (Phi) is 8.46. The van der Waals surface area contributed by atoms with Crippen molar-refractivity contribution in [1.82, 2.24) is 0 Å². The van der Waals surface area contributed by atoms with Crippen LogP contribution in [0.1, 0.15) is 86.5 Å². The molecule has 0 saturated heterocycles. The lowest BCUT2D eigenvalue weighted by atomic mass is 9.48. The summed E-state index contributed by atoms with van der Waals surface area (Å²) in [7, 11) is -2.68. The van der Waals surface area contributed by atoms with Crippen LogP contribution >= 0.6 is 0 Å². The molecule has 3 aliphatic carbocycles. The van der Waals surface area contributed by atoms with Gasteiger partial charge in [-0.2, -0.15) is 0 Å². The topological polar surface area (TPSA) is 69.9 Å². The van der Waals surface area contributed by atoms with Crippen molar-refractivity contribution in [2.24, 2.45) is 34.5 Å². The van der Waals surface area contributed by atoms with Crippen molar-refractivity contribution in [1.29, 1.82) is 0 Å². The highest BCUT2D eigenvalue weighted by molar-refractivity contribution is 6.99. The Balaban J connectivity index is 1.45. The third-order valence-corrected chi connectivity index (χ3v) is 17.6. The van der Waals surface area contributed by atoms with Crippen molar-refractivity contribution in [3.05, 3.63) is 60.7 Å². The van der Waals surface area contributed by atoms with Crippen LogP contribution in [0, 0.1) is 34.5 Å². The number of aliphatic hydroxyl groups excluding tert-OH is 2. The van der Waals surface area contributed by atoms with Gasteiger partial charge in [0.1, 0.15) is 0 Å². The van der Waals surface area contributed by atoms with Gasteiger partial charge in [0.25, 0.3) is 8.32 Å². The first-order valence-corrected chi connectivity index (χ1v) is 18.0. The molecule has 3 fully saturated rings. The van der Waals surface area contributed by atoms with Crippen LogP contribution in [-0.2, 0) is 4.43 Å². The Morgan fingerprint density at radius 3 is 1.85 bits per heavy atom. The molecule has 0 radical (unpaired) electrons. The molecule has 0 unspecified atom stereocenters. The Morgan fingerprint density at radius 1 is 0.780 bits per heavy atom. The lowest BCUT2D eigenvalue weighted by Crippen LogP contribution is -2.68. The van der Waals surface area contributed by atoms with E-state index in [2.05, 4.69) is 95.3 Å². The fourth-order valence-corrected chi connectivity index (χ4v) is 14.5. The van der Waals surface area contributed by atoms with E-state index in [0.29, 0.717) is 11.8 Å². The highest BCUT2D eigenvalue weighted by Gasteiger charge is 2.62. The van der Waals surface area contributed by atoms with Crippen LogP contribution in [0.4, 0.5) is 0 Å². The average molecular weight is 579 g/mol. The number of benzene rings is 2. The van der Waals surface area contributed by atoms with Gasteiger partial charge in [0, 0.05) is 19.3 Å². The van der Waals surface area contributed by atoms with Crippen LogP contribution in [0.25, 0.3) is 0 Å². The van der Waals surface area contributed by atoms with E-state index in [0.717, 1.165) is 44.9 Å². The van der Waals surface area contributed by atoms with Crippen molar-refractivity contribution < 1.29 is 19.7 Å². The zero-order valence-electron chi connectivity index (χ0n) is 26.3. The molecule has 2 aromatic carbocycles. The maximum atomic E-state index is 11.3. The fraction of sp³-hybridized carbons (Fsp3) is 0.667. The quantitative estimate of drug-likeness (QED) is 0.357. The van der Waals surface area contributed by atoms with Gasteiger partial charge in [-0.05, 0) is 102 Å². The van der Waals surface area contributed by atoms with Gasteiger partial charge in [-0.25, -0.2) is 0 Å². The summed E-state index contributed by atoms with van der Waals surface area (Å²) in [4.78, 5) is 0. The first kappa shape index (κ1) is 30.9. The van der Waals surface area contributed by atoms with Gasteiger partial charge in [-0.3, -0.25) is 0 Å². The standard InChI is InChI=1S/C36H54O4Si/c1-33(2,3)41(28-13-9-7-10-14-28,29-15-11-8-12-16-29)40-27-17-20-34(4,26(23-27)24-37)31-18-21-35(5)32(30(31)25-38)19-22-36(35,6)39/h7-16,26-27,30-32,37-39H,17-25H2,1-6H3/t26-,27+,30-,31+,32+,34+,35+,36+/m1/s1. The summed E-state index contributed by atoms with van der Waals surface area (Å²) in [6.45, 7) is 13.9. The molecule has 0 heterocycles. The molecule has 2 aromatic rings. The second-order valence-electron chi connectivity index (χ2n) is 15.4. The molecule has 3 N–H and O–H groups in total. The summed E-state index contributed by atoms with van der Waals surface area (Å²) in [5.41, 5.74) is -0.885. The van der Waals surface area contributed by atoms with E-state index < -0.39 is 13.9 Å². The van der Waals surface area contributed by atoms with Crippen LogP contribution in [0.15, 0.2) is 60.7 Å². The van der Waals surface area contributed by atoms with Crippen molar-refractivity contribution >= 4 is 18.7 Å². The smallest absolute Gasteiger partial charge is 0.261 e. The SMILES string of the molecule is CC(C)(C)[Si](O[C@H]1CC[C@](C)([C@H]2CC[C@@]3(C)[C@@H](CC[C@]3(C)O)[C@@H]2CO)[C@@H](CO)C1)(c1ccccc1)c1ccccc1.